The Morgan fingerprint density at radius 3 is 2.27 bits per heavy atom. The number of para-hydroxylation sites is 2. The quantitative estimate of drug-likeness (QED) is 0.324. The molecule has 0 saturated heterocycles. The van der Waals surface area contributed by atoms with Crippen LogP contribution in [0.5, 0.6) is 34.5 Å². The van der Waals surface area contributed by atoms with E-state index in [4.69, 9.17) is 23.9 Å². The van der Waals surface area contributed by atoms with Crippen LogP contribution >= 0.6 is 0 Å². The van der Waals surface area contributed by atoms with E-state index >= 15 is 0 Å². The predicted octanol–water partition coefficient (Wildman–Crippen LogP) is 6.23. The van der Waals surface area contributed by atoms with E-state index < -0.39 is 0 Å². The van der Waals surface area contributed by atoms with Gasteiger partial charge in [0.2, 0.25) is 0 Å². The Hall–Kier alpha value is -4.52. The number of hydrogen-bond acceptors (Lipinski definition) is 6. The lowest BCUT2D eigenvalue weighted by Crippen LogP contribution is -1.92. The van der Waals surface area contributed by atoms with Crippen LogP contribution in [0.2, 0.25) is 0 Å². The summed E-state index contributed by atoms with van der Waals surface area (Å²) in [4.78, 5) is 12.5. The highest BCUT2D eigenvalue weighted by Crippen LogP contribution is 2.39. The third-order valence-electron chi connectivity index (χ3n) is 5.00. The number of rotatable bonds is 7. The first-order valence-electron chi connectivity index (χ1n) is 10.3. The lowest BCUT2D eigenvalue weighted by atomic mass is 10.2. The summed E-state index contributed by atoms with van der Waals surface area (Å²) in [6.07, 6.45) is 1.73. The molecule has 33 heavy (non-hydrogen) atoms. The molecule has 0 unspecified atom stereocenters. The number of fused-ring (bicyclic) bond motifs is 1. The van der Waals surface area contributed by atoms with E-state index in [9.17, 15) is 0 Å². The number of aromatic amines is 1. The summed E-state index contributed by atoms with van der Waals surface area (Å²) in [7, 11) is 3.22. The van der Waals surface area contributed by atoms with Crippen LogP contribution in [0.15, 0.2) is 85.1 Å². The number of ether oxygens (including phenoxy) is 4. The van der Waals surface area contributed by atoms with Gasteiger partial charge in [0, 0.05) is 24.4 Å². The average Bonchev–Trinajstić information content (AvgIpc) is 3.30. The molecule has 0 spiro atoms. The highest BCUT2D eigenvalue weighted by Gasteiger charge is 2.16. The molecule has 2 heterocycles. The molecule has 0 aliphatic heterocycles. The van der Waals surface area contributed by atoms with Crippen LogP contribution < -0.4 is 18.9 Å². The van der Waals surface area contributed by atoms with Crippen molar-refractivity contribution < 1.29 is 18.9 Å². The second-order valence-corrected chi connectivity index (χ2v) is 7.15. The smallest absolute Gasteiger partial charge is 0.169 e. The van der Waals surface area contributed by atoms with Crippen molar-refractivity contribution in [1.29, 1.82) is 0 Å². The van der Waals surface area contributed by atoms with Crippen LogP contribution in [0.1, 0.15) is 0 Å². The van der Waals surface area contributed by atoms with Crippen LogP contribution in [0, 0.1) is 0 Å². The van der Waals surface area contributed by atoms with Gasteiger partial charge in [0.15, 0.2) is 23.1 Å². The predicted molar refractivity (Wildman–Crippen MR) is 125 cm³/mol. The van der Waals surface area contributed by atoms with Gasteiger partial charge in [0.25, 0.3) is 0 Å². The molecular formula is C26H21N3O4. The second-order valence-electron chi connectivity index (χ2n) is 7.15. The second kappa shape index (κ2) is 8.92. The Kier molecular flexibility index (Phi) is 5.51. The summed E-state index contributed by atoms with van der Waals surface area (Å²) in [5.74, 6) is 4.27. The van der Waals surface area contributed by atoms with Crippen molar-refractivity contribution in [2.24, 2.45) is 0 Å². The molecule has 0 radical (unpaired) electrons. The van der Waals surface area contributed by atoms with Crippen LogP contribution in [0.3, 0.4) is 0 Å². The molecule has 0 fully saturated rings. The molecule has 7 nitrogen and oxygen atoms in total. The van der Waals surface area contributed by atoms with Gasteiger partial charge in [0.1, 0.15) is 28.5 Å². The molecule has 3 aromatic carbocycles. The van der Waals surface area contributed by atoms with E-state index in [0.29, 0.717) is 45.8 Å². The summed E-state index contributed by atoms with van der Waals surface area (Å²) < 4.78 is 23.1. The van der Waals surface area contributed by atoms with Gasteiger partial charge in [-0.25, -0.2) is 4.98 Å². The zero-order chi connectivity index (χ0) is 22.6. The maximum Gasteiger partial charge on any atom is 0.169 e. The summed E-state index contributed by atoms with van der Waals surface area (Å²) in [6, 6.07) is 24.2. The van der Waals surface area contributed by atoms with Crippen LogP contribution in [-0.2, 0) is 0 Å². The molecule has 2 aromatic heterocycles. The SMILES string of the molecule is COc1cccc(Oc2cc(Oc3ccccc3OC)c3nc(-c4ccccn4)[nH]c3c2)c1. The zero-order valence-electron chi connectivity index (χ0n) is 18.1. The fourth-order valence-corrected chi connectivity index (χ4v) is 3.44. The lowest BCUT2D eigenvalue weighted by molar-refractivity contribution is 0.379. The fourth-order valence-electron chi connectivity index (χ4n) is 3.44. The number of benzene rings is 3. The van der Waals surface area contributed by atoms with E-state index in [1.165, 1.54) is 0 Å². The Labute approximate surface area is 190 Å². The minimum absolute atomic E-state index is 0.522. The standard InChI is InChI=1S/C26H21N3O4/c1-30-17-8-7-9-18(14-17)32-19-15-21-25(29-26(28-21)20-10-5-6-13-27-20)24(16-19)33-23-12-4-3-11-22(23)31-2/h3-16H,1-2H3,(H,28,29). The van der Waals surface area contributed by atoms with Gasteiger partial charge in [-0.1, -0.05) is 24.3 Å². The molecule has 0 amide bonds. The average molecular weight is 439 g/mol. The topological polar surface area (TPSA) is 78.5 Å². The van der Waals surface area contributed by atoms with Gasteiger partial charge < -0.3 is 23.9 Å². The molecule has 7 heteroatoms. The van der Waals surface area contributed by atoms with Gasteiger partial charge in [-0.2, -0.15) is 0 Å². The van der Waals surface area contributed by atoms with Gasteiger partial charge in [-0.15, -0.1) is 0 Å². The Morgan fingerprint density at radius 2 is 1.48 bits per heavy atom. The van der Waals surface area contributed by atoms with Gasteiger partial charge in [-0.3, -0.25) is 4.98 Å². The fraction of sp³-hybridized carbons (Fsp3) is 0.0769. The van der Waals surface area contributed by atoms with E-state index in [1.807, 2.05) is 72.8 Å². The maximum atomic E-state index is 6.25. The van der Waals surface area contributed by atoms with Gasteiger partial charge in [-0.05, 0) is 36.4 Å². The van der Waals surface area contributed by atoms with E-state index in [2.05, 4.69) is 9.97 Å². The number of nitrogens with zero attached hydrogens (tertiary/aromatic N) is 2. The maximum absolute atomic E-state index is 6.25. The lowest BCUT2D eigenvalue weighted by Gasteiger charge is -2.12. The molecule has 0 saturated carbocycles. The number of imidazole rings is 1. The molecule has 164 valence electrons. The van der Waals surface area contributed by atoms with Crippen molar-refractivity contribution in [3.05, 3.63) is 85.1 Å². The van der Waals surface area contributed by atoms with Crippen LogP contribution in [0.25, 0.3) is 22.6 Å². The Balaban J connectivity index is 1.60. The molecule has 5 rings (SSSR count). The van der Waals surface area contributed by atoms with Crippen molar-refractivity contribution in [2.45, 2.75) is 0 Å². The van der Waals surface area contributed by atoms with E-state index in [-0.39, 0.29) is 0 Å². The van der Waals surface area contributed by atoms with Crippen molar-refractivity contribution in [2.75, 3.05) is 14.2 Å². The van der Waals surface area contributed by atoms with E-state index in [0.717, 1.165) is 11.2 Å². The normalized spacial score (nSPS) is 10.7. The molecule has 0 aliphatic rings. The van der Waals surface area contributed by atoms with Crippen molar-refractivity contribution in [1.82, 2.24) is 15.0 Å². The first kappa shape index (κ1) is 20.4. The summed E-state index contributed by atoms with van der Waals surface area (Å²) in [5, 5.41) is 0. The molecule has 1 N–H and O–H groups in total. The molecular weight excluding hydrogens is 418 g/mol. The van der Waals surface area contributed by atoms with Crippen molar-refractivity contribution in [3.8, 4) is 46.0 Å². The minimum Gasteiger partial charge on any atom is -0.497 e. The third-order valence-corrected chi connectivity index (χ3v) is 5.00. The first-order chi connectivity index (χ1) is 16.2. The Morgan fingerprint density at radius 1 is 0.667 bits per heavy atom. The number of methoxy groups -OCH3 is 2. The van der Waals surface area contributed by atoms with Crippen LogP contribution in [0.4, 0.5) is 0 Å². The summed E-state index contributed by atoms with van der Waals surface area (Å²) in [6.45, 7) is 0. The highest BCUT2D eigenvalue weighted by molar-refractivity contribution is 5.86. The highest BCUT2D eigenvalue weighted by atomic mass is 16.5. The molecule has 5 aromatic rings. The Bertz CT molecular complexity index is 1400. The molecule has 0 atom stereocenters. The minimum atomic E-state index is 0.522. The summed E-state index contributed by atoms with van der Waals surface area (Å²) in [5.41, 5.74) is 2.13. The summed E-state index contributed by atoms with van der Waals surface area (Å²) >= 11 is 0. The molecule has 0 aliphatic carbocycles. The van der Waals surface area contributed by atoms with E-state index in [1.54, 1.807) is 26.5 Å². The van der Waals surface area contributed by atoms with Crippen LogP contribution in [-0.4, -0.2) is 29.2 Å². The largest absolute Gasteiger partial charge is 0.497 e. The van der Waals surface area contributed by atoms with Crippen molar-refractivity contribution >= 4 is 11.0 Å². The first-order valence-corrected chi connectivity index (χ1v) is 10.3. The number of nitrogens with one attached hydrogen (secondary N) is 1. The number of aromatic nitrogens is 3. The van der Waals surface area contributed by atoms with Gasteiger partial charge in [0.05, 0.1) is 19.7 Å². The molecule has 0 bridgehead atoms. The monoisotopic (exact) mass is 439 g/mol. The zero-order valence-corrected chi connectivity index (χ0v) is 18.1. The van der Waals surface area contributed by atoms with Gasteiger partial charge >= 0.3 is 0 Å². The number of hydrogen-bond donors (Lipinski definition) is 1. The van der Waals surface area contributed by atoms with Crippen molar-refractivity contribution in [3.63, 3.8) is 0 Å². The third kappa shape index (κ3) is 4.29. The number of H-pyrrole nitrogens is 1. The number of pyridine rings is 1.